The third-order valence-electron chi connectivity index (χ3n) is 4.53. The Bertz CT molecular complexity index is 1110. The summed E-state index contributed by atoms with van der Waals surface area (Å²) in [5.74, 6) is 1.64. The predicted octanol–water partition coefficient (Wildman–Crippen LogP) is 4.01. The van der Waals surface area contributed by atoms with Gasteiger partial charge < -0.3 is 15.0 Å². The fourth-order valence-corrected chi connectivity index (χ4v) is 5.46. The second kappa shape index (κ2) is 8.14. The smallest absolute Gasteiger partial charge is 0.259 e. The van der Waals surface area contributed by atoms with E-state index in [4.69, 9.17) is 16.3 Å². The molecule has 1 aliphatic carbocycles. The van der Waals surface area contributed by atoms with E-state index in [1.165, 1.54) is 29.3 Å². The zero-order valence-electron chi connectivity index (χ0n) is 15.1. The van der Waals surface area contributed by atoms with Crippen LogP contribution in [0.15, 0.2) is 23.0 Å². The predicted molar refractivity (Wildman–Crippen MR) is 115 cm³/mol. The Labute approximate surface area is 174 Å². The SMILES string of the molecule is COc1ccc(Cl)cc1NC(=O)CSCc1nc2sc3c(c2c(=O)[nH]1)CCC3. The minimum Gasteiger partial charge on any atom is -0.495 e. The highest BCUT2D eigenvalue weighted by atomic mass is 35.5. The number of carbonyl (C=O) groups excluding carboxylic acids is 1. The fourth-order valence-electron chi connectivity index (χ4n) is 3.32. The molecule has 2 heterocycles. The van der Waals surface area contributed by atoms with Crippen LogP contribution in [0.1, 0.15) is 22.7 Å². The number of nitrogens with one attached hydrogen (secondary N) is 2. The molecule has 1 aromatic carbocycles. The number of hydrogen-bond acceptors (Lipinski definition) is 6. The van der Waals surface area contributed by atoms with Gasteiger partial charge in [-0.05, 0) is 43.0 Å². The fraction of sp³-hybridized carbons (Fsp3) is 0.316. The highest BCUT2D eigenvalue weighted by molar-refractivity contribution is 7.99. The van der Waals surface area contributed by atoms with Gasteiger partial charge in [0.15, 0.2) is 0 Å². The normalized spacial score (nSPS) is 12.9. The van der Waals surface area contributed by atoms with Gasteiger partial charge >= 0.3 is 0 Å². The van der Waals surface area contributed by atoms with Crippen LogP contribution in [0.25, 0.3) is 10.2 Å². The maximum Gasteiger partial charge on any atom is 0.259 e. The van der Waals surface area contributed by atoms with Crippen LogP contribution in [-0.2, 0) is 23.4 Å². The summed E-state index contributed by atoms with van der Waals surface area (Å²) in [6, 6.07) is 5.04. The molecule has 1 aliphatic rings. The van der Waals surface area contributed by atoms with E-state index in [9.17, 15) is 9.59 Å². The number of aryl methyl sites for hydroxylation is 2. The van der Waals surface area contributed by atoms with E-state index >= 15 is 0 Å². The number of benzene rings is 1. The Hall–Kier alpha value is -2.03. The first-order valence-electron chi connectivity index (χ1n) is 8.79. The summed E-state index contributed by atoms with van der Waals surface area (Å²) in [4.78, 5) is 34.2. The van der Waals surface area contributed by atoms with Gasteiger partial charge in [0, 0.05) is 9.90 Å². The molecule has 0 saturated heterocycles. The van der Waals surface area contributed by atoms with Gasteiger partial charge in [-0.2, -0.15) is 0 Å². The van der Waals surface area contributed by atoms with Gasteiger partial charge in [0.2, 0.25) is 5.91 Å². The van der Waals surface area contributed by atoms with Crippen molar-refractivity contribution in [1.29, 1.82) is 0 Å². The molecule has 4 rings (SSSR count). The van der Waals surface area contributed by atoms with Crippen molar-refractivity contribution in [3.8, 4) is 5.75 Å². The summed E-state index contributed by atoms with van der Waals surface area (Å²) in [7, 11) is 1.53. The lowest BCUT2D eigenvalue weighted by Crippen LogP contribution is -2.16. The van der Waals surface area contributed by atoms with Gasteiger partial charge in [0.25, 0.3) is 5.56 Å². The molecule has 0 saturated carbocycles. The van der Waals surface area contributed by atoms with Crippen LogP contribution in [0.5, 0.6) is 5.75 Å². The molecule has 9 heteroatoms. The first kappa shape index (κ1) is 19.3. The Morgan fingerprint density at radius 3 is 3.11 bits per heavy atom. The molecule has 0 atom stereocenters. The maximum absolute atomic E-state index is 12.5. The number of carbonyl (C=O) groups is 1. The number of ether oxygens (including phenoxy) is 1. The van der Waals surface area contributed by atoms with E-state index in [0.717, 1.165) is 29.5 Å². The number of amides is 1. The van der Waals surface area contributed by atoms with Crippen LogP contribution in [0.4, 0.5) is 5.69 Å². The lowest BCUT2D eigenvalue weighted by molar-refractivity contribution is -0.113. The van der Waals surface area contributed by atoms with Crippen LogP contribution < -0.4 is 15.6 Å². The number of halogens is 1. The molecule has 146 valence electrons. The van der Waals surface area contributed by atoms with Crippen LogP contribution in [0.2, 0.25) is 5.02 Å². The van der Waals surface area contributed by atoms with E-state index in [-0.39, 0.29) is 17.2 Å². The minimum atomic E-state index is -0.177. The minimum absolute atomic E-state index is 0.0758. The summed E-state index contributed by atoms with van der Waals surface area (Å²) < 4.78 is 5.23. The van der Waals surface area contributed by atoms with Crippen molar-refractivity contribution in [3.05, 3.63) is 49.8 Å². The van der Waals surface area contributed by atoms with E-state index < -0.39 is 0 Å². The molecular formula is C19H18ClN3O3S2. The van der Waals surface area contributed by atoms with E-state index in [1.54, 1.807) is 29.5 Å². The van der Waals surface area contributed by atoms with Gasteiger partial charge in [-0.25, -0.2) is 4.98 Å². The first-order valence-corrected chi connectivity index (χ1v) is 11.1. The summed E-state index contributed by atoms with van der Waals surface area (Å²) in [6.45, 7) is 0. The van der Waals surface area contributed by atoms with E-state index in [1.807, 2.05) is 0 Å². The number of methoxy groups -OCH3 is 1. The largest absolute Gasteiger partial charge is 0.495 e. The summed E-state index contributed by atoms with van der Waals surface area (Å²) in [5, 5.41) is 4.06. The van der Waals surface area contributed by atoms with Crippen LogP contribution in [0, 0.1) is 0 Å². The number of hydrogen-bond donors (Lipinski definition) is 2. The van der Waals surface area contributed by atoms with Crippen LogP contribution >= 0.6 is 34.7 Å². The van der Waals surface area contributed by atoms with Crippen molar-refractivity contribution in [2.75, 3.05) is 18.2 Å². The molecule has 3 aromatic rings. The summed E-state index contributed by atoms with van der Waals surface area (Å²) in [5.41, 5.74) is 1.62. The van der Waals surface area contributed by atoms with Crippen molar-refractivity contribution < 1.29 is 9.53 Å². The zero-order valence-corrected chi connectivity index (χ0v) is 17.5. The molecule has 0 aliphatic heterocycles. The summed E-state index contributed by atoms with van der Waals surface area (Å²) in [6.07, 6.45) is 3.11. The highest BCUT2D eigenvalue weighted by Crippen LogP contribution is 2.34. The first-order chi connectivity index (χ1) is 13.5. The number of thioether (sulfide) groups is 1. The van der Waals surface area contributed by atoms with Crippen molar-refractivity contribution in [1.82, 2.24) is 9.97 Å². The third kappa shape index (κ3) is 3.90. The van der Waals surface area contributed by atoms with Crippen molar-refractivity contribution in [2.45, 2.75) is 25.0 Å². The number of nitrogens with zero attached hydrogens (tertiary/aromatic N) is 1. The second-order valence-electron chi connectivity index (χ2n) is 6.44. The Morgan fingerprint density at radius 2 is 2.29 bits per heavy atom. The average molecular weight is 436 g/mol. The maximum atomic E-state index is 12.5. The zero-order chi connectivity index (χ0) is 19.7. The van der Waals surface area contributed by atoms with Crippen molar-refractivity contribution >= 4 is 56.5 Å². The molecule has 2 aromatic heterocycles. The molecule has 2 N–H and O–H groups in total. The standard InChI is InChI=1S/C19H18ClN3O3S2/c1-26-13-6-5-10(20)7-12(13)21-16(24)9-27-8-15-22-18(25)17-11-3-2-4-14(11)28-19(17)23-15/h5-7H,2-4,8-9H2,1H3,(H,21,24)(H,22,23,25). The quantitative estimate of drug-likeness (QED) is 0.611. The molecule has 6 nitrogen and oxygen atoms in total. The molecule has 1 amide bonds. The molecule has 0 spiro atoms. The molecule has 28 heavy (non-hydrogen) atoms. The van der Waals surface area contributed by atoms with Gasteiger partial charge in [0.05, 0.1) is 29.7 Å². The topological polar surface area (TPSA) is 84.1 Å². The van der Waals surface area contributed by atoms with Gasteiger partial charge in [-0.15, -0.1) is 23.1 Å². The van der Waals surface area contributed by atoms with Crippen molar-refractivity contribution in [3.63, 3.8) is 0 Å². The number of aromatic nitrogens is 2. The van der Waals surface area contributed by atoms with Gasteiger partial charge in [-0.3, -0.25) is 9.59 Å². The Morgan fingerprint density at radius 1 is 1.43 bits per heavy atom. The highest BCUT2D eigenvalue weighted by Gasteiger charge is 2.21. The number of thiophene rings is 1. The number of H-pyrrole nitrogens is 1. The van der Waals surface area contributed by atoms with Crippen molar-refractivity contribution in [2.24, 2.45) is 0 Å². The number of rotatable bonds is 6. The Kier molecular flexibility index (Phi) is 5.61. The van der Waals surface area contributed by atoms with Crippen LogP contribution in [0.3, 0.4) is 0 Å². The van der Waals surface area contributed by atoms with E-state index in [2.05, 4.69) is 15.3 Å². The monoisotopic (exact) mass is 435 g/mol. The van der Waals surface area contributed by atoms with Gasteiger partial charge in [0.1, 0.15) is 16.4 Å². The summed E-state index contributed by atoms with van der Waals surface area (Å²) >= 11 is 8.98. The van der Waals surface area contributed by atoms with Gasteiger partial charge in [-0.1, -0.05) is 11.6 Å². The average Bonchev–Trinajstić information content (AvgIpc) is 3.22. The molecule has 0 radical (unpaired) electrons. The molecular weight excluding hydrogens is 418 g/mol. The number of anilines is 1. The molecule has 0 fully saturated rings. The number of aromatic amines is 1. The lowest BCUT2D eigenvalue weighted by atomic mass is 10.2. The van der Waals surface area contributed by atoms with E-state index in [0.29, 0.717) is 28.0 Å². The third-order valence-corrected chi connectivity index (χ3v) is 6.90. The Balaban J connectivity index is 1.39. The number of fused-ring (bicyclic) bond motifs is 3. The van der Waals surface area contributed by atoms with Crippen LogP contribution in [-0.4, -0.2) is 28.7 Å². The molecule has 0 bridgehead atoms. The lowest BCUT2D eigenvalue weighted by Gasteiger charge is -2.10. The second-order valence-corrected chi connectivity index (χ2v) is 8.94. The molecule has 0 unspecified atom stereocenters.